The van der Waals surface area contributed by atoms with Gasteiger partial charge in [-0.05, 0) is 25.7 Å². The summed E-state index contributed by atoms with van der Waals surface area (Å²) in [5.41, 5.74) is 0.756. The number of nitrogens with one attached hydrogen (secondary N) is 1. The lowest BCUT2D eigenvalue weighted by atomic mass is 9.82. The third-order valence-electron chi connectivity index (χ3n) is 3.86. The number of hydrogen-bond donors (Lipinski definition) is 2. The van der Waals surface area contributed by atoms with E-state index in [1.165, 1.54) is 0 Å². The second-order valence-electron chi connectivity index (χ2n) is 5.53. The van der Waals surface area contributed by atoms with Crippen LogP contribution in [0.5, 0.6) is 0 Å². The SMILES string of the molecule is Cc1nonc1COC(=O)N[C@H](C(=O)O)C1CCC(F)(F)CC1. The highest BCUT2D eigenvalue weighted by molar-refractivity contribution is 5.80. The maximum absolute atomic E-state index is 13.1. The van der Waals surface area contributed by atoms with Crippen molar-refractivity contribution in [2.75, 3.05) is 0 Å². The van der Waals surface area contributed by atoms with Gasteiger partial charge in [-0.3, -0.25) is 0 Å². The van der Waals surface area contributed by atoms with Crippen molar-refractivity contribution in [3.63, 3.8) is 0 Å². The number of carbonyl (C=O) groups is 2. The number of carboxylic acids is 1. The summed E-state index contributed by atoms with van der Waals surface area (Å²) >= 11 is 0. The molecule has 1 aliphatic carbocycles. The minimum Gasteiger partial charge on any atom is -0.480 e. The molecule has 0 aromatic carbocycles. The molecule has 1 amide bonds. The van der Waals surface area contributed by atoms with Gasteiger partial charge in [-0.25, -0.2) is 23.0 Å². The highest BCUT2D eigenvalue weighted by Crippen LogP contribution is 2.37. The standard InChI is InChI=1S/C13H17F2N3O5/c1-7-9(18-23-17-7)6-22-12(21)16-10(11(19)20)8-2-4-13(14,15)5-3-8/h8,10H,2-6H2,1H3,(H,16,21)(H,19,20)/t10-/m0/s1. The highest BCUT2D eigenvalue weighted by atomic mass is 19.3. The Hall–Kier alpha value is -2.26. The molecular weight excluding hydrogens is 316 g/mol. The van der Waals surface area contributed by atoms with Crippen molar-refractivity contribution in [3.05, 3.63) is 11.4 Å². The summed E-state index contributed by atoms with van der Waals surface area (Å²) in [5.74, 6) is -4.61. The monoisotopic (exact) mass is 333 g/mol. The van der Waals surface area contributed by atoms with E-state index in [1.54, 1.807) is 6.92 Å². The smallest absolute Gasteiger partial charge is 0.408 e. The van der Waals surface area contributed by atoms with Gasteiger partial charge in [-0.1, -0.05) is 10.3 Å². The van der Waals surface area contributed by atoms with Gasteiger partial charge in [0.1, 0.15) is 24.0 Å². The number of carbonyl (C=O) groups excluding carboxylic acids is 1. The predicted molar refractivity (Wildman–Crippen MR) is 70.7 cm³/mol. The Morgan fingerprint density at radius 3 is 2.61 bits per heavy atom. The van der Waals surface area contributed by atoms with Crippen LogP contribution < -0.4 is 5.32 Å². The Morgan fingerprint density at radius 2 is 2.09 bits per heavy atom. The molecule has 2 rings (SSSR count). The molecule has 1 aliphatic rings. The third kappa shape index (κ3) is 4.60. The largest absolute Gasteiger partial charge is 0.480 e. The number of rotatable bonds is 5. The van der Waals surface area contributed by atoms with Crippen LogP contribution in [-0.4, -0.2) is 39.4 Å². The van der Waals surface area contributed by atoms with Gasteiger partial charge in [0.15, 0.2) is 0 Å². The van der Waals surface area contributed by atoms with E-state index < -0.39 is 29.9 Å². The summed E-state index contributed by atoms with van der Waals surface area (Å²) < 4.78 is 35.6. The maximum atomic E-state index is 13.1. The average Bonchev–Trinajstić information content (AvgIpc) is 2.88. The van der Waals surface area contributed by atoms with E-state index in [1.807, 2.05) is 0 Å². The molecule has 1 aromatic rings. The van der Waals surface area contributed by atoms with E-state index >= 15 is 0 Å². The fourth-order valence-corrected chi connectivity index (χ4v) is 2.46. The Kier molecular flexibility index (Phi) is 5.12. The number of halogens is 2. The van der Waals surface area contributed by atoms with Gasteiger partial charge in [0.05, 0.1) is 0 Å². The Bertz CT molecular complexity index is 568. The van der Waals surface area contributed by atoms with Crippen molar-refractivity contribution in [1.29, 1.82) is 0 Å². The van der Waals surface area contributed by atoms with Crippen LogP contribution in [0, 0.1) is 12.8 Å². The van der Waals surface area contributed by atoms with Crippen molar-refractivity contribution < 1.29 is 32.8 Å². The fraction of sp³-hybridized carbons (Fsp3) is 0.692. The molecule has 1 saturated carbocycles. The molecule has 0 aliphatic heterocycles. The van der Waals surface area contributed by atoms with E-state index in [9.17, 15) is 23.5 Å². The zero-order valence-corrected chi connectivity index (χ0v) is 12.4. The van der Waals surface area contributed by atoms with E-state index in [0.717, 1.165) is 0 Å². The topological polar surface area (TPSA) is 115 Å². The molecule has 0 spiro atoms. The lowest BCUT2D eigenvalue weighted by Crippen LogP contribution is -2.48. The average molecular weight is 333 g/mol. The van der Waals surface area contributed by atoms with Crippen molar-refractivity contribution in [2.45, 2.75) is 51.2 Å². The first kappa shape index (κ1) is 17.1. The molecule has 1 heterocycles. The van der Waals surface area contributed by atoms with Crippen LogP contribution in [0.2, 0.25) is 0 Å². The molecule has 8 nitrogen and oxygen atoms in total. The molecule has 2 N–H and O–H groups in total. The zero-order valence-electron chi connectivity index (χ0n) is 12.4. The number of amides is 1. The Labute approximate surface area is 130 Å². The number of aryl methyl sites for hydroxylation is 1. The molecule has 0 saturated heterocycles. The molecule has 1 aromatic heterocycles. The molecular formula is C13H17F2N3O5. The summed E-state index contributed by atoms with van der Waals surface area (Å²) in [7, 11) is 0. The van der Waals surface area contributed by atoms with E-state index in [0.29, 0.717) is 11.4 Å². The summed E-state index contributed by atoms with van der Waals surface area (Å²) in [4.78, 5) is 23.0. The highest BCUT2D eigenvalue weighted by Gasteiger charge is 2.40. The maximum Gasteiger partial charge on any atom is 0.408 e. The van der Waals surface area contributed by atoms with Crippen LogP contribution in [-0.2, 0) is 16.1 Å². The van der Waals surface area contributed by atoms with Gasteiger partial charge in [-0.15, -0.1) is 0 Å². The number of aromatic nitrogens is 2. The quantitative estimate of drug-likeness (QED) is 0.845. The summed E-state index contributed by atoms with van der Waals surface area (Å²) in [6.07, 6.45) is -1.69. The number of aliphatic carboxylic acids is 1. The number of alkyl carbamates (subject to hydrolysis) is 1. The number of nitrogens with zero attached hydrogens (tertiary/aromatic N) is 2. The lowest BCUT2D eigenvalue weighted by Gasteiger charge is -2.31. The van der Waals surface area contributed by atoms with Gasteiger partial charge in [0, 0.05) is 12.8 Å². The first-order valence-electron chi connectivity index (χ1n) is 7.10. The van der Waals surface area contributed by atoms with E-state index in [4.69, 9.17) is 4.74 Å². The van der Waals surface area contributed by atoms with Crippen molar-refractivity contribution in [2.24, 2.45) is 5.92 Å². The zero-order chi connectivity index (χ0) is 17.0. The van der Waals surface area contributed by atoms with Crippen LogP contribution in [0.1, 0.15) is 37.1 Å². The number of ether oxygens (including phenoxy) is 1. The fourth-order valence-electron chi connectivity index (χ4n) is 2.46. The molecule has 1 atom stereocenters. The van der Waals surface area contributed by atoms with Crippen LogP contribution in [0.3, 0.4) is 0 Å². The van der Waals surface area contributed by atoms with Crippen LogP contribution in [0.15, 0.2) is 4.63 Å². The Morgan fingerprint density at radius 1 is 1.43 bits per heavy atom. The Balaban J connectivity index is 1.88. The lowest BCUT2D eigenvalue weighted by molar-refractivity contribution is -0.142. The second kappa shape index (κ2) is 6.88. The molecule has 10 heteroatoms. The molecule has 1 fully saturated rings. The molecule has 0 radical (unpaired) electrons. The van der Waals surface area contributed by atoms with Crippen molar-refractivity contribution in [3.8, 4) is 0 Å². The normalized spacial score (nSPS) is 19.1. The molecule has 23 heavy (non-hydrogen) atoms. The number of alkyl halides is 2. The summed E-state index contributed by atoms with van der Waals surface area (Å²) in [6, 6.07) is -1.27. The van der Waals surface area contributed by atoms with Crippen LogP contribution >= 0.6 is 0 Å². The molecule has 0 unspecified atom stereocenters. The predicted octanol–water partition coefficient (Wildman–Crippen LogP) is 1.88. The minimum atomic E-state index is -2.77. The second-order valence-corrected chi connectivity index (χ2v) is 5.53. The molecule has 0 bridgehead atoms. The van der Waals surface area contributed by atoms with Gasteiger partial charge >= 0.3 is 12.1 Å². The first-order valence-corrected chi connectivity index (χ1v) is 7.10. The van der Waals surface area contributed by atoms with Crippen LogP contribution in [0.25, 0.3) is 0 Å². The minimum absolute atomic E-state index is 0.0244. The van der Waals surface area contributed by atoms with Gasteiger partial charge in [0.25, 0.3) is 0 Å². The summed E-state index contributed by atoms with van der Waals surface area (Å²) in [6.45, 7) is 1.38. The van der Waals surface area contributed by atoms with Gasteiger partial charge in [-0.2, -0.15) is 0 Å². The summed E-state index contributed by atoms with van der Waals surface area (Å²) in [5, 5.41) is 18.4. The van der Waals surface area contributed by atoms with Gasteiger partial charge < -0.3 is 15.2 Å². The third-order valence-corrected chi connectivity index (χ3v) is 3.86. The van der Waals surface area contributed by atoms with Crippen molar-refractivity contribution in [1.82, 2.24) is 15.6 Å². The van der Waals surface area contributed by atoms with Gasteiger partial charge in [0.2, 0.25) is 5.92 Å². The number of hydrogen-bond acceptors (Lipinski definition) is 6. The van der Waals surface area contributed by atoms with Crippen LogP contribution in [0.4, 0.5) is 13.6 Å². The number of carboxylic acid groups (broad SMARTS) is 1. The first-order chi connectivity index (χ1) is 10.8. The van der Waals surface area contributed by atoms with Crippen molar-refractivity contribution >= 4 is 12.1 Å². The van der Waals surface area contributed by atoms with E-state index in [2.05, 4.69) is 20.3 Å². The molecule has 128 valence electrons. The van der Waals surface area contributed by atoms with E-state index in [-0.39, 0.29) is 32.3 Å².